The van der Waals surface area contributed by atoms with Crippen LogP contribution in [0.15, 0.2) is 36.4 Å². The van der Waals surface area contributed by atoms with Crippen LogP contribution >= 0.6 is 0 Å². The van der Waals surface area contributed by atoms with Crippen molar-refractivity contribution < 1.29 is 18.0 Å². The van der Waals surface area contributed by atoms with Gasteiger partial charge in [0.1, 0.15) is 0 Å². The van der Waals surface area contributed by atoms with Gasteiger partial charge < -0.3 is 4.98 Å². The van der Waals surface area contributed by atoms with Crippen LogP contribution in [-0.4, -0.2) is 10.8 Å². The van der Waals surface area contributed by atoms with Gasteiger partial charge in [-0.3, -0.25) is 4.79 Å². The highest BCUT2D eigenvalue weighted by Gasteiger charge is 2.20. The Balaban J connectivity index is 2.19. The van der Waals surface area contributed by atoms with Crippen LogP contribution in [0.1, 0.15) is 21.6 Å². The second-order valence-electron chi connectivity index (χ2n) is 4.75. The summed E-state index contributed by atoms with van der Waals surface area (Å²) in [5.41, 5.74) is 1.45. The SMILES string of the molecule is Cc1[nH]c2ccccc2c1C(=O)c1cc(F)c(F)c(F)c1. The number of aryl methyl sites for hydroxylation is 1. The van der Waals surface area contributed by atoms with Gasteiger partial charge in [0.25, 0.3) is 0 Å². The lowest BCUT2D eigenvalue weighted by Crippen LogP contribution is -2.05. The number of ketones is 1. The lowest BCUT2D eigenvalue weighted by Gasteiger charge is -2.03. The lowest BCUT2D eigenvalue weighted by molar-refractivity contribution is 0.103. The van der Waals surface area contributed by atoms with E-state index >= 15 is 0 Å². The Kier molecular flexibility index (Phi) is 3.05. The number of hydrogen-bond donors (Lipinski definition) is 1. The molecule has 3 aromatic rings. The number of para-hydroxylation sites is 1. The van der Waals surface area contributed by atoms with Crippen molar-refractivity contribution in [2.24, 2.45) is 0 Å². The van der Waals surface area contributed by atoms with Crippen LogP contribution < -0.4 is 0 Å². The predicted molar refractivity (Wildman–Crippen MR) is 72.8 cm³/mol. The summed E-state index contributed by atoms with van der Waals surface area (Å²) >= 11 is 0. The van der Waals surface area contributed by atoms with E-state index in [0.29, 0.717) is 28.8 Å². The molecule has 0 radical (unpaired) electrons. The molecule has 0 aliphatic heterocycles. The molecule has 0 saturated carbocycles. The predicted octanol–water partition coefficient (Wildman–Crippen LogP) is 4.12. The van der Waals surface area contributed by atoms with E-state index in [4.69, 9.17) is 0 Å². The van der Waals surface area contributed by atoms with E-state index in [1.807, 2.05) is 6.07 Å². The van der Waals surface area contributed by atoms with E-state index in [0.717, 1.165) is 5.52 Å². The summed E-state index contributed by atoms with van der Waals surface area (Å²) in [5.74, 6) is -4.89. The fraction of sp³-hybridized carbons (Fsp3) is 0.0625. The summed E-state index contributed by atoms with van der Waals surface area (Å²) in [4.78, 5) is 15.5. The van der Waals surface area contributed by atoms with Crippen LogP contribution in [0, 0.1) is 24.4 Å². The average molecular weight is 289 g/mol. The standard InChI is InChI=1S/C16H10F3NO/c1-8-14(10-4-2-3-5-13(10)20-8)16(21)9-6-11(17)15(19)12(18)7-9/h2-7,20H,1H3. The minimum atomic E-state index is -1.58. The molecule has 21 heavy (non-hydrogen) atoms. The summed E-state index contributed by atoms with van der Waals surface area (Å²) in [5, 5.41) is 0.658. The number of halogens is 3. The molecule has 0 amide bonds. The Bertz CT molecular complexity index is 844. The maximum absolute atomic E-state index is 13.3. The number of fused-ring (bicyclic) bond motifs is 1. The summed E-state index contributed by atoms with van der Waals surface area (Å²) in [7, 11) is 0. The van der Waals surface area contributed by atoms with Crippen LogP contribution in [0.5, 0.6) is 0 Å². The van der Waals surface area contributed by atoms with E-state index in [1.54, 1.807) is 25.1 Å². The average Bonchev–Trinajstić information content (AvgIpc) is 2.79. The normalized spacial score (nSPS) is 11.0. The van der Waals surface area contributed by atoms with Gasteiger partial charge in [0.2, 0.25) is 0 Å². The van der Waals surface area contributed by atoms with Crippen molar-refractivity contribution in [3.63, 3.8) is 0 Å². The molecule has 2 nitrogen and oxygen atoms in total. The molecule has 1 aromatic heterocycles. The van der Waals surface area contributed by atoms with Crippen molar-refractivity contribution >= 4 is 16.7 Å². The van der Waals surface area contributed by atoms with Crippen molar-refractivity contribution in [3.05, 3.63) is 70.7 Å². The second kappa shape index (κ2) is 4.77. The Morgan fingerprint density at radius 1 is 1.05 bits per heavy atom. The second-order valence-corrected chi connectivity index (χ2v) is 4.75. The largest absolute Gasteiger partial charge is 0.358 e. The van der Waals surface area contributed by atoms with Gasteiger partial charge in [0, 0.05) is 22.2 Å². The van der Waals surface area contributed by atoms with Crippen molar-refractivity contribution in [2.45, 2.75) is 6.92 Å². The topological polar surface area (TPSA) is 32.9 Å². The summed E-state index contributed by atoms with van der Waals surface area (Å²) in [6.45, 7) is 1.70. The molecule has 0 aliphatic rings. The molecule has 0 fully saturated rings. The smallest absolute Gasteiger partial charge is 0.195 e. The number of H-pyrrole nitrogens is 1. The van der Waals surface area contributed by atoms with E-state index in [-0.39, 0.29) is 5.56 Å². The third-order valence-electron chi connectivity index (χ3n) is 3.37. The summed E-state index contributed by atoms with van der Waals surface area (Å²) < 4.78 is 39.5. The molecule has 0 bridgehead atoms. The van der Waals surface area contributed by atoms with Crippen molar-refractivity contribution in [3.8, 4) is 0 Å². The quantitative estimate of drug-likeness (QED) is 0.558. The summed E-state index contributed by atoms with van der Waals surface area (Å²) in [6, 6.07) is 8.53. The first-order chi connectivity index (χ1) is 9.99. The van der Waals surface area contributed by atoms with Crippen LogP contribution in [0.2, 0.25) is 0 Å². The molecule has 3 rings (SSSR count). The number of nitrogens with one attached hydrogen (secondary N) is 1. The molecule has 0 spiro atoms. The fourth-order valence-electron chi connectivity index (χ4n) is 2.40. The fourth-order valence-corrected chi connectivity index (χ4v) is 2.40. The Morgan fingerprint density at radius 2 is 1.67 bits per heavy atom. The molecule has 0 atom stereocenters. The first-order valence-electron chi connectivity index (χ1n) is 6.25. The van der Waals surface area contributed by atoms with Gasteiger partial charge in [0.15, 0.2) is 23.2 Å². The summed E-state index contributed by atoms with van der Waals surface area (Å²) in [6.07, 6.45) is 0. The van der Waals surface area contributed by atoms with E-state index < -0.39 is 23.2 Å². The van der Waals surface area contributed by atoms with Crippen LogP contribution in [0.4, 0.5) is 13.2 Å². The molecule has 5 heteroatoms. The van der Waals surface area contributed by atoms with Crippen LogP contribution in [0.3, 0.4) is 0 Å². The van der Waals surface area contributed by atoms with Gasteiger partial charge in [-0.1, -0.05) is 18.2 Å². The van der Waals surface area contributed by atoms with Gasteiger partial charge in [-0.25, -0.2) is 13.2 Å². The zero-order valence-corrected chi connectivity index (χ0v) is 11.0. The molecule has 0 saturated heterocycles. The first-order valence-corrected chi connectivity index (χ1v) is 6.25. The Morgan fingerprint density at radius 3 is 2.33 bits per heavy atom. The van der Waals surface area contributed by atoms with E-state index in [2.05, 4.69) is 4.98 Å². The molecule has 1 heterocycles. The Labute approximate surface area is 118 Å². The third-order valence-corrected chi connectivity index (χ3v) is 3.37. The first kappa shape index (κ1) is 13.4. The van der Waals surface area contributed by atoms with Gasteiger partial charge in [-0.15, -0.1) is 0 Å². The molecular weight excluding hydrogens is 279 g/mol. The van der Waals surface area contributed by atoms with Crippen molar-refractivity contribution in [1.82, 2.24) is 4.98 Å². The maximum atomic E-state index is 13.3. The number of aromatic amines is 1. The van der Waals surface area contributed by atoms with Gasteiger partial charge in [-0.2, -0.15) is 0 Å². The van der Waals surface area contributed by atoms with Crippen molar-refractivity contribution in [1.29, 1.82) is 0 Å². The number of carbonyl (C=O) groups is 1. The number of benzene rings is 2. The molecule has 0 aliphatic carbocycles. The highest BCUT2D eigenvalue weighted by Crippen LogP contribution is 2.25. The number of rotatable bonds is 2. The molecule has 106 valence electrons. The number of carbonyl (C=O) groups excluding carboxylic acids is 1. The highest BCUT2D eigenvalue weighted by molar-refractivity contribution is 6.17. The molecule has 0 unspecified atom stereocenters. The Hall–Kier alpha value is -2.56. The minimum Gasteiger partial charge on any atom is -0.358 e. The van der Waals surface area contributed by atoms with Crippen LogP contribution in [-0.2, 0) is 0 Å². The van der Waals surface area contributed by atoms with Gasteiger partial charge in [-0.05, 0) is 25.1 Å². The van der Waals surface area contributed by atoms with E-state index in [1.165, 1.54) is 0 Å². The molecule has 2 aromatic carbocycles. The number of aromatic nitrogens is 1. The maximum Gasteiger partial charge on any atom is 0.195 e. The highest BCUT2D eigenvalue weighted by atomic mass is 19.2. The van der Waals surface area contributed by atoms with Gasteiger partial charge in [0.05, 0.1) is 5.56 Å². The van der Waals surface area contributed by atoms with E-state index in [9.17, 15) is 18.0 Å². The monoisotopic (exact) mass is 289 g/mol. The van der Waals surface area contributed by atoms with Crippen LogP contribution in [0.25, 0.3) is 10.9 Å². The third kappa shape index (κ3) is 2.11. The lowest BCUT2D eigenvalue weighted by atomic mass is 10.00. The molecule has 1 N–H and O–H groups in total. The van der Waals surface area contributed by atoms with Gasteiger partial charge >= 0.3 is 0 Å². The minimum absolute atomic E-state index is 0.223. The number of hydrogen-bond acceptors (Lipinski definition) is 1. The zero-order chi connectivity index (χ0) is 15.1. The zero-order valence-electron chi connectivity index (χ0n) is 11.0. The molecular formula is C16H10F3NO. The van der Waals surface area contributed by atoms with Crippen molar-refractivity contribution in [2.75, 3.05) is 0 Å².